The van der Waals surface area contributed by atoms with Crippen LogP contribution in [-0.2, 0) is 0 Å². The molecule has 1 saturated carbocycles. The highest BCUT2D eigenvalue weighted by atomic mass is 16.3. The number of aliphatic hydroxyl groups excluding tert-OH is 1. The van der Waals surface area contributed by atoms with Crippen molar-refractivity contribution in [1.29, 1.82) is 0 Å². The van der Waals surface area contributed by atoms with E-state index in [4.69, 9.17) is 0 Å². The summed E-state index contributed by atoms with van der Waals surface area (Å²) in [6, 6.07) is 0. The summed E-state index contributed by atoms with van der Waals surface area (Å²) < 4.78 is 0. The summed E-state index contributed by atoms with van der Waals surface area (Å²) in [6.45, 7) is 2.25. The summed E-state index contributed by atoms with van der Waals surface area (Å²) >= 11 is 0. The average Bonchev–Trinajstić information content (AvgIpc) is 2.27. The van der Waals surface area contributed by atoms with Crippen molar-refractivity contribution in [3.8, 4) is 0 Å². The molecule has 1 aliphatic carbocycles. The lowest BCUT2D eigenvalue weighted by Crippen LogP contribution is -2.33. The Bertz CT molecular complexity index is 148. The quantitative estimate of drug-likeness (QED) is 0.680. The van der Waals surface area contributed by atoms with Gasteiger partial charge in [-0.25, -0.2) is 0 Å². The summed E-state index contributed by atoms with van der Waals surface area (Å²) in [7, 11) is 0. The van der Waals surface area contributed by atoms with Crippen LogP contribution in [0.1, 0.15) is 38.5 Å². The van der Waals surface area contributed by atoms with Crippen LogP contribution in [0.2, 0.25) is 0 Å². The second-order valence-corrected chi connectivity index (χ2v) is 4.62. The molecule has 13 heavy (non-hydrogen) atoms. The Kier molecular flexibility index (Phi) is 3.23. The first kappa shape index (κ1) is 9.47. The molecule has 0 bridgehead atoms. The van der Waals surface area contributed by atoms with E-state index in [1.807, 2.05) is 0 Å². The molecule has 2 nitrogen and oxygen atoms in total. The molecule has 2 atom stereocenters. The lowest BCUT2D eigenvalue weighted by molar-refractivity contribution is 0.0105. The SMILES string of the molecule is OC(C1CCC1)C1CCCNCC1. The largest absolute Gasteiger partial charge is 0.393 e. The van der Waals surface area contributed by atoms with Gasteiger partial charge in [0.1, 0.15) is 0 Å². The first-order valence-electron chi connectivity index (χ1n) is 5.76. The van der Waals surface area contributed by atoms with Gasteiger partial charge in [0.2, 0.25) is 0 Å². The molecule has 0 aromatic heterocycles. The smallest absolute Gasteiger partial charge is 0.0597 e. The van der Waals surface area contributed by atoms with Crippen molar-refractivity contribution in [1.82, 2.24) is 5.32 Å². The van der Waals surface area contributed by atoms with Crippen LogP contribution in [0.3, 0.4) is 0 Å². The van der Waals surface area contributed by atoms with E-state index >= 15 is 0 Å². The predicted octanol–water partition coefficient (Wildman–Crippen LogP) is 1.54. The Hall–Kier alpha value is -0.0800. The van der Waals surface area contributed by atoms with E-state index in [2.05, 4.69) is 5.32 Å². The minimum atomic E-state index is 0.00801. The lowest BCUT2D eigenvalue weighted by Gasteiger charge is -2.34. The first-order valence-corrected chi connectivity index (χ1v) is 5.76. The van der Waals surface area contributed by atoms with Gasteiger partial charge in [0.15, 0.2) is 0 Å². The predicted molar refractivity (Wildman–Crippen MR) is 53.6 cm³/mol. The molecule has 2 N–H and O–H groups in total. The summed E-state index contributed by atoms with van der Waals surface area (Å²) in [5, 5.41) is 13.5. The fraction of sp³-hybridized carbons (Fsp3) is 1.00. The van der Waals surface area contributed by atoms with E-state index in [1.54, 1.807) is 0 Å². The first-order chi connectivity index (χ1) is 6.38. The number of aliphatic hydroxyl groups is 1. The van der Waals surface area contributed by atoms with Gasteiger partial charge >= 0.3 is 0 Å². The minimum Gasteiger partial charge on any atom is -0.393 e. The summed E-state index contributed by atoms with van der Waals surface area (Å²) in [5.74, 6) is 1.23. The summed E-state index contributed by atoms with van der Waals surface area (Å²) in [5.41, 5.74) is 0. The topological polar surface area (TPSA) is 32.3 Å². The summed E-state index contributed by atoms with van der Waals surface area (Å²) in [6.07, 6.45) is 7.54. The average molecular weight is 183 g/mol. The highest BCUT2D eigenvalue weighted by Gasteiger charge is 2.31. The number of hydrogen-bond acceptors (Lipinski definition) is 2. The molecule has 1 aliphatic heterocycles. The highest BCUT2D eigenvalue weighted by Crippen LogP contribution is 2.35. The second kappa shape index (κ2) is 4.43. The molecule has 2 heteroatoms. The van der Waals surface area contributed by atoms with E-state index in [1.165, 1.54) is 38.5 Å². The van der Waals surface area contributed by atoms with Crippen LogP contribution in [0, 0.1) is 11.8 Å². The van der Waals surface area contributed by atoms with Crippen molar-refractivity contribution in [3.63, 3.8) is 0 Å². The summed E-state index contributed by atoms with van der Waals surface area (Å²) in [4.78, 5) is 0. The number of nitrogens with one attached hydrogen (secondary N) is 1. The minimum absolute atomic E-state index is 0.00801. The van der Waals surface area contributed by atoms with Crippen LogP contribution in [0.4, 0.5) is 0 Å². The monoisotopic (exact) mass is 183 g/mol. The Morgan fingerprint density at radius 1 is 0.923 bits per heavy atom. The number of hydrogen-bond donors (Lipinski definition) is 2. The van der Waals surface area contributed by atoms with Crippen LogP contribution in [0.25, 0.3) is 0 Å². The lowest BCUT2D eigenvalue weighted by atomic mass is 9.75. The Morgan fingerprint density at radius 2 is 1.62 bits per heavy atom. The van der Waals surface area contributed by atoms with Crippen LogP contribution < -0.4 is 5.32 Å². The molecule has 2 fully saturated rings. The maximum Gasteiger partial charge on any atom is 0.0597 e. The van der Waals surface area contributed by atoms with E-state index in [-0.39, 0.29) is 6.10 Å². The molecule has 0 radical (unpaired) electrons. The molecule has 0 aromatic carbocycles. The van der Waals surface area contributed by atoms with Gasteiger partial charge in [-0.1, -0.05) is 6.42 Å². The molecule has 2 unspecified atom stereocenters. The fourth-order valence-corrected chi connectivity index (χ4v) is 2.55. The van der Waals surface area contributed by atoms with Gasteiger partial charge in [-0.05, 0) is 57.0 Å². The zero-order valence-corrected chi connectivity index (χ0v) is 8.34. The molecule has 0 aromatic rings. The molecule has 1 heterocycles. The van der Waals surface area contributed by atoms with Crippen LogP contribution >= 0.6 is 0 Å². The molecule has 2 rings (SSSR count). The van der Waals surface area contributed by atoms with Crippen molar-refractivity contribution in [2.75, 3.05) is 13.1 Å². The van der Waals surface area contributed by atoms with Crippen molar-refractivity contribution in [2.45, 2.75) is 44.6 Å². The van der Waals surface area contributed by atoms with E-state index in [0.29, 0.717) is 11.8 Å². The van der Waals surface area contributed by atoms with E-state index < -0.39 is 0 Å². The standard InChI is InChI=1S/C11H21NO/c13-11(9-3-1-4-9)10-5-2-7-12-8-6-10/h9-13H,1-8H2. The molecular weight excluding hydrogens is 162 g/mol. The normalized spacial score (nSPS) is 33.5. The maximum atomic E-state index is 10.1. The molecule has 1 saturated heterocycles. The molecule has 76 valence electrons. The molecule has 0 amide bonds. The maximum absolute atomic E-state index is 10.1. The van der Waals surface area contributed by atoms with Gasteiger partial charge < -0.3 is 10.4 Å². The Labute approximate surface area is 80.7 Å². The van der Waals surface area contributed by atoms with Crippen molar-refractivity contribution in [3.05, 3.63) is 0 Å². The molecular formula is C11H21NO. The van der Waals surface area contributed by atoms with Gasteiger partial charge in [0, 0.05) is 0 Å². The van der Waals surface area contributed by atoms with Gasteiger partial charge in [-0.15, -0.1) is 0 Å². The van der Waals surface area contributed by atoms with Gasteiger partial charge in [0.05, 0.1) is 6.10 Å². The van der Waals surface area contributed by atoms with Crippen LogP contribution in [-0.4, -0.2) is 24.3 Å². The third-order valence-corrected chi connectivity index (χ3v) is 3.74. The van der Waals surface area contributed by atoms with Gasteiger partial charge in [-0.2, -0.15) is 0 Å². The van der Waals surface area contributed by atoms with Crippen molar-refractivity contribution < 1.29 is 5.11 Å². The van der Waals surface area contributed by atoms with Crippen molar-refractivity contribution in [2.24, 2.45) is 11.8 Å². The van der Waals surface area contributed by atoms with Crippen LogP contribution in [0.15, 0.2) is 0 Å². The third kappa shape index (κ3) is 2.23. The molecule has 0 spiro atoms. The zero-order valence-electron chi connectivity index (χ0n) is 8.34. The Morgan fingerprint density at radius 3 is 2.31 bits per heavy atom. The Balaban J connectivity index is 1.82. The highest BCUT2D eigenvalue weighted by molar-refractivity contribution is 4.83. The number of rotatable bonds is 2. The van der Waals surface area contributed by atoms with Crippen LogP contribution in [0.5, 0.6) is 0 Å². The fourth-order valence-electron chi connectivity index (χ4n) is 2.55. The zero-order chi connectivity index (χ0) is 9.10. The van der Waals surface area contributed by atoms with Gasteiger partial charge in [-0.3, -0.25) is 0 Å². The third-order valence-electron chi connectivity index (χ3n) is 3.74. The van der Waals surface area contributed by atoms with E-state index in [9.17, 15) is 5.11 Å². The van der Waals surface area contributed by atoms with Crippen molar-refractivity contribution >= 4 is 0 Å². The second-order valence-electron chi connectivity index (χ2n) is 4.62. The van der Waals surface area contributed by atoms with Gasteiger partial charge in [0.25, 0.3) is 0 Å². The van der Waals surface area contributed by atoms with E-state index in [0.717, 1.165) is 13.1 Å². The molecule has 2 aliphatic rings.